The van der Waals surface area contributed by atoms with Crippen molar-refractivity contribution in [2.24, 2.45) is 0 Å². The van der Waals surface area contributed by atoms with Gasteiger partial charge in [0, 0.05) is 22.4 Å². The van der Waals surface area contributed by atoms with Crippen molar-refractivity contribution in [3.63, 3.8) is 0 Å². The molecule has 1 atom stereocenters. The summed E-state index contributed by atoms with van der Waals surface area (Å²) in [5, 5.41) is 2.31. The number of hydrogen-bond acceptors (Lipinski definition) is 4. The minimum atomic E-state index is -0.0487. The van der Waals surface area contributed by atoms with E-state index in [0.717, 1.165) is 39.1 Å². The van der Waals surface area contributed by atoms with E-state index in [0.29, 0.717) is 0 Å². The van der Waals surface area contributed by atoms with E-state index in [9.17, 15) is 0 Å². The maximum atomic E-state index is 6.38. The summed E-state index contributed by atoms with van der Waals surface area (Å²) in [7, 11) is 2.24. The van der Waals surface area contributed by atoms with Crippen molar-refractivity contribution in [1.82, 2.24) is 4.98 Å². The first-order chi connectivity index (χ1) is 13.4. The summed E-state index contributed by atoms with van der Waals surface area (Å²) in [6, 6.07) is 16.8. The van der Waals surface area contributed by atoms with Crippen LogP contribution in [0.15, 0.2) is 59.1 Å². The van der Waals surface area contributed by atoms with Gasteiger partial charge in [-0.25, -0.2) is 4.98 Å². The van der Waals surface area contributed by atoms with E-state index in [-0.39, 0.29) is 11.6 Å². The molecule has 0 spiro atoms. The Labute approximate surface area is 166 Å². The highest BCUT2D eigenvalue weighted by Gasteiger charge is 2.41. The Morgan fingerprint density at radius 3 is 2.61 bits per heavy atom. The van der Waals surface area contributed by atoms with Gasteiger partial charge >= 0.3 is 0 Å². The first kappa shape index (κ1) is 17.2. The van der Waals surface area contributed by atoms with Gasteiger partial charge in [-0.1, -0.05) is 30.3 Å². The third-order valence-corrected chi connectivity index (χ3v) is 5.69. The zero-order chi connectivity index (χ0) is 19.6. The molecule has 1 aliphatic rings. The Hall–Kier alpha value is -2.95. The van der Waals surface area contributed by atoms with Crippen LogP contribution >= 0.6 is 0 Å². The maximum absolute atomic E-state index is 6.38. The fourth-order valence-electron chi connectivity index (χ4n) is 4.61. The van der Waals surface area contributed by atoms with Crippen molar-refractivity contribution in [1.29, 1.82) is 0 Å². The summed E-state index contributed by atoms with van der Waals surface area (Å²) in [5.41, 5.74) is 5.27. The Morgan fingerprint density at radius 2 is 1.82 bits per heavy atom. The van der Waals surface area contributed by atoms with Crippen molar-refractivity contribution in [2.75, 3.05) is 9.80 Å². The van der Waals surface area contributed by atoms with Crippen LogP contribution in [0.5, 0.6) is 0 Å². The lowest BCUT2D eigenvalue weighted by Gasteiger charge is -2.39. The number of hydrogen-bond donors (Lipinski definition) is 0. The average Bonchev–Trinajstić information content (AvgIpc) is 3.16. The van der Waals surface area contributed by atoms with E-state index in [1.807, 2.05) is 24.4 Å². The van der Waals surface area contributed by atoms with Crippen LogP contribution < -0.4 is 9.80 Å². The first-order valence-electron chi connectivity index (χ1n) is 9.82. The molecular formula is C23H24BN3O. The van der Waals surface area contributed by atoms with Crippen LogP contribution in [-0.2, 0) is 0 Å². The van der Waals surface area contributed by atoms with Gasteiger partial charge in [0.2, 0.25) is 0 Å². The second kappa shape index (κ2) is 5.77. The molecule has 0 N–H and O–H groups in total. The molecule has 0 fully saturated rings. The number of pyridine rings is 1. The molecule has 140 valence electrons. The van der Waals surface area contributed by atoms with Gasteiger partial charge < -0.3 is 14.2 Å². The van der Waals surface area contributed by atoms with E-state index in [2.05, 4.69) is 75.7 Å². The molecule has 1 aliphatic heterocycles. The summed E-state index contributed by atoms with van der Waals surface area (Å²) in [6.07, 6.45) is 2.00. The molecule has 3 heterocycles. The topological polar surface area (TPSA) is 32.5 Å². The van der Waals surface area contributed by atoms with Crippen LogP contribution in [0.2, 0.25) is 0 Å². The predicted octanol–water partition coefficient (Wildman–Crippen LogP) is 4.96. The normalized spacial score (nSPS) is 16.9. The molecular weight excluding hydrogens is 345 g/mol. The summed E-state index contributed by atoms with van der Waals surface area (Å²) in [6.45, 7) is 8.87. The van der Waals surface area contributed by atoms with Crippen molar-refractivity contribution in [3.8, 4) is 0 Å². The largest absolute Gasteiger partial charge is 0.454 e. The SMILES string of the molecule is BC(C)(C)N1c2ncccc2N(c2c(C)ccc3c2oc2ccccc23)C1C. The Bertz CT molecular complexity index is 1210. The van der Waals surface area contributed by atoms with Crippen molar-refractivity contribution >= 4 is 47.0 Å². The fourth-order valence-corrected chi connectivity index (χ4v) is 4.61. The summed E-state index contributed by atoms with van der Waals surface area (Å²) in [5.74, 6) is 1.02. The zero-order valence-electron chi connectivity index (χ0n) is 17.0. The van der Waals surface area contributed by atoms with Crippen LogP contribution in [0.3, 0.4) is 0 Å². The van der Waals surface area contributed by atoms with Gasteiger partial charge in [0.25, 0.3) is 0 Å². The van der Waals surface area contributed by atoms with Gasteiger partial charge in [-0.05, 0) is 51.5 Å². The van der Waals surface area contributed by atoms with E-state index >= 15 is 0 Å². The van der Waals surface area contributed by atoms with Gasteiger partial charge in [-0.2, -0.15) is 0 Å². The minimum absolute atomic E-state index is 0.0487. The number of furan rings is 1. The smallest absolute Gasteiger partial charge is 0.159 e. The quantitative estimate of drug-likeness (QED) is 0.468. The number of para-hydroxylation sites is 1. The van der Waals surface area contributed by atoms with Crippen molar-refractivity contribution in [3.05, 3.63) is 60.3 Å². The lowest BCUT2D eigenvalue weighted by atomic mass is 9.80. The molecule has 28 heavy (non-hydrogen) atoms. The lowest BCUT2D eigenvalue weighted by Crippen LogP contribution is -2.51. The van der Waals surface area contributed by atoms with Crippen LogP contribution in [0, 0.1) is 6.92 Å². The molecule has 0 aliphatic carbocycles. The molecule has 1 unspecified atom stereocenters. The molecule has 2 aromatic carbocycles. The molecule has 2 aromatic heterocycles. The maximum Gasteiger partial charge on any atom is 0.159 e. The third-order valence-electron chi connectivity index (χ3n) is 5.69. The monoisotopic (exact) mass is 369 g/mol. The number of rotatable bonds is 2. The number of benzene rings is 2. The molecule has 0 radical (unpaired) electrons. The Kier molecular flexibility index (Phi) is 3.54. The molecule has 0 saturated heterocycles. The Morgan fingerprint density at radius 1 is 1.04 bits per heavy atom. The molecule has 4 aromatic rings. The second-order valence-corrected chi connectivity index (χ2v) is 8.59. The van der Waals surface area contributed by atoms with Crippen molar-refractivity contribution < 1.29 is 4.42 Å². The molecule has 0 bridgehead atoms. The van der Waals surface area contributed by atoms with Crippen LogP contribution in [0.4, 0.5) is 17.2 Å². The first-order valence-corrected chi connectivity index (χ1v) is 9.82. The standard InChI is InChI=1S/C23H24BN3O/c1-14-11-12-17-16-8-5-6-10-19(16)28-21(17)20(14)26-15(2)27(23(3,4)24)22-18(26)9-7-13-25-22/h5-13,15H,24H2,1-4H3. The van der Waals surface area contributed by atoms with Crippen molar-refractivity contribution in [2.45, 2.75) is 39.3 Å². The molecule has 5 heteroatoms. The summed E-state index contributed by atoms with van der Waals surface area (Å²) < 4.78 is 6.38. The highest BCUT2D eigenvalue weighted by Crippen LogP contribution is 2.49. The van der Waals surface area contributed by atoms with Crippen LogP contribution in [-0.4, -0.2) is 24.4 Å². The molecule has 5 rings (SSSR count). The minimum Gasteiger partial charge on any atom is -0.454 e. The second-order valence-electron chi connectivity index (χ2n) is 8.59. The third kappa shape index (κ3) is 2.29. The number of aromatic nitrogens is 1. The van der Waals surface area contributed by atoms with Gasteiger partial charge in [0.05, 0.1) is 11.4 Å². The van der Waals surface area contributed by atoms with E-state index in [1.165, 1.54) is 5.56 Å². The van der Waals surface area contributed by atoms with E-state index in [4.69, 9.17) is 9.40 Å². The van der Waals surface area contributed by atoms with Crippen LogP contribution in [0.1, 0.15) is 26.3 Å². The van der Waals surface area contributed by atoms with Gasteiger partial charge in [-0.3, -0.25) is 0 Å². The molecule has 0 saturated carbocycles. The van der Waals surface area contributed by atoms with E-state index in [1.54, 1.807) is 0 Å². The summed E-state index contributed by atoms with van der Waals surface area (Å²) >= 11 is 0. The predicted molar refractivity (Wildman–Crippen MR) is 119 cm³/mol. The molecule has 4 nitrogen and oxygen atoms in total. The fraction of sp³-hybridized carbons (Fsp3) is 0.261. The van der Waals surface area contributed by atoms with Gasteiger partial charge in [0.1, 0.15) is 19.6 Å². The summed E-state index contributed by atoms with van der Waals surface area (Å²) in [4.78, 5) is 9.51. The lowest BCUT2D eigenvalue weighted by molar-refractivity contribution is 0.555. The average molecular weight is 369 g/mol. The number of nitrogens with zero attached hydrogens (tertiary/aromatic N) is 3. The highest BCUT2D eigenvalue weighted by atomic mass is 16.3. The molecule has 0 amide bonds. The van der Waals surface area contributed by atoms with Gasteiger partial charge in [-0.15, -0.1) is 0 Å². The van der Waals surface area contributed by atoms with Crippen LogP contribution in [0.25, 0.3) is 21.9 Å². The number of aryl methyl sites for hydroxylation is 1. The van der Waals surface area contributed by atoms with E-state index < -0.39 is 0 Å². The zero-order valence-corrected chi connectivity index (χ0v) is 17.0. The Balaban J connectivity index is 1.82. The van der Waals surface area contributed by atoms with Gasteiger partial charge in [0.15, 0.2) is 11.4 Å². The highest BCUT2D eigenvalue weighted by molar-refractivity contribution is 6.17. The number of anilines is 3. The number of fused-ring (bicyclic) bond motifs is 4.